The highest BCUT2D eigenvalue weighted by atomic mass is 19.1. The molecule has 2 rings (SSSR count). The lowest BCUT2D eigenvalue weighted by Crippen LogP contribution is -2.51. The van der Waals surface area contributed by atoms with Gasteiger partial charge in [-0.2, -0.15) is 0 Å². The van der Waals surface area contributed by atoms with Crippen LogP contribution in [0.3, 0.4) is 0 Å². The Morgan fingerprint density at radius 3 is 2.95 bits per heavy atom. The van der Waals surface area contributed by atoms with Crippen LogP contribution in [0.25, 0.3) is 0 Å². The summed E-state index contributed by atoms with van der Waals surface area (Å²) in [6.45, 7) is 4.39. The molecule has 0 aromatic heterocycles. The molecule has 1 heterocycles. The Balaban J connectivity index is 1.80. The minimum Gasteiger partial charge on any atom is -0.491 e. The third-order valence-electron chi connectivity index (χ3n) is 3.00. The molecule has 2 amide bonds. The summed E-state index contributed by atoms with van der Waals surface area (Å²) in [6.07, 6.45) is -0.170. The molecule has 1 atom stereocenters. The number of hydrogen-bond acceptors (Lipinski definition) is 3. The number of hydrogen-bond donors (Lipinski definition) is 1. The van der Waals surface area contributed by atoms with Crippen molar-refractivity contribution in [3.05, 3.63) is 30.1 Å². The molecule has 0 bridgehead atoms. The van der Waals surface area contributed by atoms with Crippen LogP contribution in [0.1, 0.15) is 6.92 Å². The maximum absolute atomic E-state index is 12.8. The molecule has 6 heteroatoms. The second-order valence-electron chi connectivity index (χ2n) is 4.54. The maximum atomic E-state index is 12.8. The van der Waals surface area contributed by atoms with Gasteiger partial charge in [-0.25, -0.2) is 9.18 Å². The molecule has 0 radical (unpaired) electrons. The highest BCUT2D eigenvalue weighted by molar-refractivity contribution is 5.74. The SMILES string of the molecule is CCNC(=O)N1CCOC(COc2ccc(F)cc2)C1. The van der Waals surface area contributed by atoms with Crippen LogP contribution in [0.5, 0.6) is 5.75 Å². The van der Waals surface area contributed by atoms with Crippen molar-refractivity contribution in [2.45, 2.75) is 13.0 Å². The molecule has 1 N–H and O–H groups in total. The average Bonchev–Trinajstić information content (AvgIpc) is 2.47. The second kappa shape index (κ2) is 7.09. The minimum atomic E-state index is -0.298. The largest absolute Gasteiger partial charge is 0.491 e. The molecule has 0 spiro atoms. The Morgan fingerprint density at radius 2 is 2.25 bits per heavy atom. The molecule has 1 aromatic rings. The first-order valence-corrected chi connectivity index (χ1v) is 6.71. The summed E-state index contributed by atoms with van der Waals surface area (Å²) < 4.78 is 23.9. The molecular weight excluding hydrogens is 263 g/mol. The lowest BCUT2D eigenvalue weighted by molar-refractivity contribution is -0.0351. The van der Waals surface area contributed by atoms with Gasteiger partial charge in [0.1, 0.15) is 24.3 Å². The summed E-state index contributed by atoms with van der Waals surface area (Å²) in [6, 6.07) is 5.75. The van der Waals surface area contributed by atoms with Crippen LogP contribution in [0, 0.1) is 5.82 Å². The molecule has 1 saturated heterocycles. The van der Waals surface area contributed by atoms with Crippen molar-refractivity contribution in [2.24, 2.45) is 0 Å². The molecular formula is C14H19FN2O3. The van der Waals surface area contributed by atoms with Crippen LogP contribution in [0.2, 0.25) is 0 Å². The number of amides is 2. The van der Waals surface area contributed by atoms with Gasteiger partial charge in [-0.3, -0.25) is 0 Å². The number of carbonyl (C=O) groups excluding carboxylic acids is 1. The van der Waals surface area contributed by atoms with Gasteiger partial charge >= 0.3 is 6.03 Å². The number of carbonyl (C=O) groups is 1. The van der Waals surface area contributed by atoms with Crippen molar-refractivity contribution in [3.8, 4) is 5.75 Å². The molecule has 1 aliphatic rings. The van der Waals surface area contributed by atoms with Crippen molar-refractivity contribution in [1.29, 1.82) is 0 Å². The van der Waals surface area contributed by atoms with Gasteiger partial charge in [0, 0.05) is 13.1 Å². The summed E-state index contributed by atoms with van der Waals surface area (Å²) in [7, 11) is 0. The lowest BCUT2D eigenvalue weighted by Gasteiger charge is -2.32. The Morgan fingerprint density at radius 1 is 1.50 bits per heavy atom. The van der Waals surface area contributed by atoms with Crippen LogP contribution in [-0.2, 0) is 4.74 Å². The van der Waals surface area contributed by atoms with E-state index in [0.717, 1.165) is 0 Å². The first kappa shape index (κ1) is 14.6. The van der Waals surface area contributed by atoms with E-state index in [1.807, 2.05) is 6.92 Å². The zero-order chi connectivity index (χ0) is 14.4. The molecule has 0 saturated carbocycles. The van der Waals surface area contributed by atoms with Crippen LogP contribution in [-0.4, -0.2) is 49.9 Å². The highest BCUT2D eigenvalue weighted by Crippen LogP contribution is 2.13. The normalized spacial score (nSPS) is 18.7. The summed E-state index contributed by atoms with van der Waals surface area (Å²) in [4.78, 5) is 13.4. The van der Waals surface area contributed by atoms with Crippen molar-refractivity contribution in [3.63, 3.8) is 0 Å². The van der Waals surface area contributed by atoms with E-state index in [-0.39, 0.29) is 18.0 Å². The van der Waals surface area contributed by atoms with E-state index in [2.05, 4.69) is 5.32 Å². The van der Waals surface area contributed by atoms with Crippen molar-refractivity contribution in [2.75, 3.05) is 32.8 Å². The van der Waals surface area contributed by atoms with Gasteiger partial charge in [-0.05, 0) is 31.2 Å². The number of nitrogens with one attached hydrogen (secondary N) is 1. The van der Waals surface area contributed by atoms with Gasteiger partial charge in [-0.1, -0.05) is 0 Å². The fourth-order valence-corrected chi connectivity index (χ4v) is 1.99. The number of ether oxygens (including phenoxy) is 2. The first-order valence-electron chi connectivity index (χ1n) is 6.71. The summed E-state index contributed by atoms with van der Waals surface area (Å²) in [5, 5.41) is 2.76. The van der Waals surface area contributed by atoms with Gasteiger partial charge < -0.3 is 19.7 Å². The van der Waals surface area contributed by atoms with Crippen LogP contribution < -0.4 is 10.1 Å². The predicted molar refractivity (Wildman–Crippen MR) is 72.3 cm³/mol. The quantitative estimate of drug-likeness (QED) is 0.913. The van der Waals surface area contributed by atoms with E-state index in [0.29, 0.717) is 38.6 Å². The monoisotopic (exact) mass is 282 g/mol. The molecule has 0 aliphatic carbocycles. The average molecular weight is 282 g/mol. The number of morpholine rings is 1. The summed E-state index contributed by atoms with van der Waals surface area (Å²) >= 11 is 0. The molecule has 1 aromatic carbocycles. The zero-order valence-corrected chi connectivity index (χ0v) is 11.5. The lowest BCUT2D eigenvalue weighted by atomic mass is 10.3. The maximum Gasteiger partial charge on any atom is 0.317 e. The predicted octanol–water partition coefficient (Wildman–Crippen LogP) is 1.63. The molecule has 5 nitrogen and oxygen atoms in total. The molecule has 110 valence electrons. The van der Waals surface area contributed by atoms with E-state index in [1.165, 1.54) is 12.1 Å². The van der Waals surface area contributed by atoms with Crippen molar-refractivity contribution >= 4 is 6.03 Å². The third kappa shape index (κ3) is 4.09. The minimum absolute atomic E-state index is 0.0809. The first-order chi connectivity index (χ1) is 9.69. The highest BCUT2D eigenvalue weighted by Gasteiger charge is 2.24. The fraction of sp³-hybridized carbons (Fsp3) is 0.500. The van der Waals surface area contributed by atoms with Crippen molar-refractivity contribution in [1.82, 2.24) is 10.2 Å². The molecule has 20 heavy (non-hydrogen) atoms. The van der Waals surface area contributed by atoms with Gasteiger partial charge in [-0.15, -0.1) is 0 Å². The number of benzene rings is 1. The zero-order valence-electron chi connectivity index (χ0n) is 11.5. The topological polar surface area (TPSA) is 50.8 Å². The number of halogens is 1. The Kier molecular flexibility index (Phi) is 5.17. The van der Waals surface area contributed by atoms with Gasteiger partial charge in [0.25, 0.3) is 0 Å². The fourth-order valence-electron chi connectivity index (χ4n) is 1.99. The molecule has 1 aliphatic heterocycles. The van der Waals surface area contributed by atoms with E-state index in [9.17, 15) is 9.18 Å². The van der Waals surface area contributed by atoms with Crippen LogP contribution >= 0.6 is 0 Å². The molecule has 1 fully saturated rings. The second-order valence-corrected chi connectivity index (χ2v) is 4.54. The van der Waals surface area contributed by atoms with Gasteiger partial charge in [0.05, 0.1) is 13.2 Å². The standard InChI is InChI=1S/C14H19FN2O3/c1-2-16-14(18)17-7-8-19-13(9-17)10-20-12-5-3-11(15)4-6-12/h3-6,13H,2,7-10H2,1H3,(H,16,18). The van der Waals surface area contributed by atoms with E-state index in [4.69, 9.17) is 9.47 Å². The Hall–Kier alpha value is -1.82. The smallest absolute Gasteiger partial charge is 0.317 e. The number of nitrogens with zero attached hydrogens (tertiary/aromatic N) is 1. The summed E-state index contributed by atoms with van der Waals surface area (Å²) in [5.41, 5.74) is 0. The van der Waals surface area contributed by atoms with E-state index >= 15 is 0 Å². The molecule has 1 unspecified atom stereocenters. The summed E-state index contributed by atoms with van der Waals surface area (Å²) in [5.74, 6) is 0.291. The van der Waals surface area contributed by atoms with Gasteiger partial charge in [0.15, 0.2) is 0 Å². The Labute approximate surface area is 117 Å². The third-order valence-corrected chi connectivity index (χ3v) is 3.00. The van der Waals surface area contributed by atoms with Crippen molar-refractivity contribution < 1.29 is 18.7 Å². The van der Waals surface area contributed by atoms with E-state index < -0.39 is 0 Å². The van der Waals surface area contributed by atoms with E-state index in [1.54, 1.807) is 17.0 Å². The number of rotatable bonds is 4. The van der Waals surface area contributed by atoms with Crippen LogP contribution in [0.15, 0.2) is 24.3 Å². The van der Waals surface area contributed by atoms with Crippen LogP contribution in [0.4, 0.5) is 9.18 Å². The Bertz CT molecular complexity index is 439. The van der Waals surface area contributed by atoms with Gasteiger partial charge in [0.2, 0.25) is 0 Å². The number of urea groups is 1.